The molecule has 88 valence electrons. The van der Waals surface area contributed by atoms with Gasteiger partial charge in [0.15, 0.2) is 0 Å². The van der Waals surface area contributed by atoms with Crippen LogP contribution in [-0.4, -0.2) is 30.6 Å². The average molecular weight is 220 g/mol. The standard InChI is InChI=1S/C13H20N2O/c1-3-15(4-2)11-8-10-6-5-7-12(14)13(10)16-9-11/h5-7,11H,3-4,8-9,14H2,1-2H3. The van der Waals surface area contributed by atoms with E-state index in [2.05, 4.69) is 24.8 Å². The van der Waals surface area contributed by atoms with Gasteiger partial charge < -0.3 is 10.5 Å². The van der Waals surface area contributed by atoms with Crippen molar-refractivity contribution in [1.82, 2.24) is 4.90 Å². The molecule has 0 saturated carbocycles. The van der Waals surface area contributed by atoms with E-state index >= 15 is 0 Å². The molecule has 0 fully saturated rings. The molecule has 2 rings (SSSR count). The molecule has 0 aromatic heterocycles. The van der Waals surface area contributed by atoms with Crippen LogP contribution in [0.25, 0.3) is 0 Å². The van der Waals surface area contributed by atoms with Crippen LogP contribution in [0.3, 0.4) is 0 Å². The second kappa shape index (κ2) is 4.74. The van der Waals surface area contributed by atoms with E-state index in [4.69, 9.17) is 10.5 Å². The van der Waals surface area contributed by atoms with Crippen LogP contribution in [0, 0.1) is 0 Å². The lowest BCUT2D eigenvalue weighted by Gasteiger charge is -2.34. The van der Waals surface area contributed by atoms with Crippen LogP contribution in [0.4, 0.5) is 5.69 Å². The maximum atomic E-state index is 5.89. The van der Waals surface area contributed by atoms with Crippen LogP contribution in [0.5, 0.6) is 5.75 Å². The molecule has 0 radical (unpaired) electrons. The van der Waals surface area contributed by atoms with E-state index < -0.39 is 0 Å². The first-order valence-electron chi connectivity index (χ1n) is 6.00. The molecule has 3 heteroatoms. The van der Waals surface area contributed by atoms with Gasteiger partial charge in [-0.15, -0.1) is 0 Å². The van der Waals surface area contributed by atoms with Gasteiger partial charge in [0.25, 0.3) is 0 Å². The molecule has 1 unspecified atom stereocenters. The molecular formula is C13H20N2O. The van der Waals surface area contributed by atoms with E-state index in [0.717, 1.165) is 37.6 Å². The SMILES string of the molecule is CCN(CC)C1COc2c(N)cccc2C1. The van der Waals surface area contributed by atoms with Crippen molar-refractivity contribution in [3.05, 3.63) is 23.8 Å². The smallest absolute Gasteiger partial charge is 0.145 e. The molecule has 1 heterocycles. The Labute approximate surface area is 97.2 Å². The maximum Gasteiger partial charge on any atom is 0.145 e. The summed E-state index contributed by atoms with van der Waals surface area (Å²) in [7, 11) is 0. The highest BCUT2D eigenvalue weighted by atomic mass is 16.5. The molecule has 0 amide bonds. The third-order valence-electron chi connectivity index (χ3n) is 3.33. The minimum atomic E-state index is 0.490. The van der Waals surface area contributed by atoms with E-state index in [0.29, 0.717) is 6.04 Å². The number of ether oxygens (including phenoxy) is 1. The quantitative estimate of drug-likeness (QED) is 0.791. The number of anilines is 1. The predicted molar refractivity (Wildman–Crippen MR) is 66.8 cm³/mol. The lowest BCUT2D eigenvalue weighted by Crippen LogP contribution is -2.43. The molecule has 1 aromatic carbocycles. The molecule has 3 nitrogen and oxygen atoms in total. The normalized spacial score (nSPS) is 19.3. The summed E-state index contributed by atoms with van der Waals surface area (Å²) in [4.78, 5) is 2.44. The van der Waals surface area contributed by atoms with Crippen LogP contribution >= 0.6 is 0 Å². The molecule has 0 bridgehead atoms. The van der Waals surface area contributed by atoms with Gasteiger partial charge in [-0.2, -0.15) is 0 Å². The Kier molecular flexibility index (Phi) is 3.34. The van der Waals surface area contributed by atoms with Crippen LogP contribution in [0.2, 0.25) is 0 Å². The van der Waals surface area contributed by atoms with E-state index in [9.17, 15) is 0 Å². The van der Waals surface area contributed by atoms with Crippen molar-refractivity contribution in [3.63, 3.8) is 0 Å². The molecule has 2 N–H and O–H groups in total. The van der Waals surface area contributed by atoms with Crippen LogP contribution in [0.15, 0.2) is 18.2 Å². The van der Waals surface area contributed by atoms with Gasteiger partial charge in [-0.25, -0.2) is 0 Å². The molecule has 1 aromatic rings. The average Bonchev–Trinajstić information content (AvgIpc) is 2.31. The van der Waals surface area contributed by atoms with E-state index in [1.807, 2.05) is 12.1 Å². The monoisotopic (exact) mass is 220 g/mol. The number of hydrogen-bond donors (Lipinski definition) is 1. The van der Waals surface area contributed by atoms with Crippen LogP contribution in [-0.2, 0) is 6.42 Å². The first-order chi connectivity index (χ1) is 7.76. The minimum Gasteiger partial charge on any atom is -0.489 e. The fourth-order valence-electron chi connectivity index (χ4n) is 2.41. The highest BCUT2D eigenvalue weighted by Crippen LogP contribution is 2.31. The molecule has 0 spiro atoms. The van der Waals surface area contributed by atoms with Crippen molar-refractivity contribution in [2.45, 2.75) is 26.3 Å². The number of likely N-dealkylation sites (N-methyl/N-ethyl adjacent to an activating group) is 1. The summed E-state index contributed by atoms with van der Waals surface area (Å²) in [6.07, 6.45) is 1.04. The number of nitrogens with two attached hydrogens (primary N) is 1. The molecule has 1 aliphatic heterocycles. The lowest BCUT2D eigenvalue weighted by atomic mass is 10.0. The number of benzene rings is 1. The fourth-order valence-corrected chi connectivity index (χ4v) is 2.41. The fraction of sp³-hybridized carbons (Fsp3) is 0.538. The predicted octanol–water partition coefficient (Wildman–Crippen LogP) is 1.91. The first kappa shape index (κ1) is 11.3. The summed E-state index contributed by atoms with van der Waals surface area (Å²) in [5, 5.41) is 0. The van der Waals surface area contributed by atoms with Crippen molar-refractivity contribution in [3.8, 4) is 5.75 Å². The third kappa shape index (κ3) is 2.00. The zero-order chi connectivity index (χ0) is 11.5. The van der Waals surface area contributed by atoms with Gasteiger partial charge in [0.1, 0.15) is 12.4 Å². The number of hydrogen-bond acceptors (Lipinski definition) is 3. The zero-order valence-corrected chi connectivity index (χ0v) is 10.1. The van der Waals surface area contributed by atoms with Gasteiger partial charge in [0, 0.05) is 6.04 Å². The van der Waals surface area contributed by atoms with Crippen molar-refractivity contribution in [1.29, 1.82) is 0 Å². The Bertz CT molecular complexity index is 361. The molecular weight excluding hydrogens is 200 g/mol. The molecule has 0 saturated heterocycles. The van der Waals surface area contributed by atoms with Gasteiger partial charge >= 0.3 is 0 Å². The number of nitrogen functional groups attached to an aromatic ring is 1. The molecule has 1 aliphatic rings. The summed E-state index contributed by atoms with van der Waals surface area (Å²) < 4.78 is 5.78. The lowest BCUT2D eigenvalue weighted by molar-refractivity contribution is 0.130. The highest BCUT2D eigenvalue weighted by molar-refractivity contribution is 5.57. The summed E-state index contributed by atoms with van der Waals surface area (Å²) in [5.41, 5.74) is 7.89. The first-order valence-corrected chi connectivity index (χ1v) is 6.00. The number of rotatable bonds is 3. The minimum absolute atomic E-state index is 0.490. The zero-order valence-electron chi connectivity index (χ0n) is 10.1. The summed E-state index contributed by atoms with van der Waals surface area (Å²) in [6.45, 7) is 7.28. The highest BCUT2D eigenvalue weighted by Gasteiger charge is 2.24. The van der Waals surface area contributed by atoms with Crippen molar-refractivity contribution >= 4 is 5.69 Å². The Morgan fingerprint density at radius 2 is 2.12 bits per heavy atom. The Balaban J connectivity index is 2.17. The third-order valence-corrected chi connectivity index (χ3v) is 3.33. The van der Waals surface area contributed by atoms with Crippen molar-refractivity contribution in [2.75, 3.05) is 25.4 Å². The van der Waals surface area contributed by atoms with Gasteiger partial charge in [0.05, 0.1) is 5.69 Å². The Morgan fingerprint density at radius 1 is 1.38 bits per heavy atom. The number of nitrogens with zero attached hydrogens (tertiary/aromatic N) is 1. The summed E-state index contributed by atoms with van der Waals surface area (Å²) in [6, 6.07) is 6.50. The van der Waals surface area contributed by atoms with Gasteiger partial charge in [0.2, 0.25) is 0 Å². The second-order valence-corrected chi connectivity index (χ2v) is 4.23. The van der Waals surface area contributed by atoms with Crippen molar-refractivity contribution < 1.29 is 4.74 Å². The van der Waals surface area contributed by atoms with Gasteiger partial charge in [-0.05, 0) is 31.1 Å². The van der Waals surface area contributed by atoms with E-state index in [1.165, 1.54) is 5.56 Å². The molecule has 16 heavy (non-hydrogen) atoms. The van der Waals surface area contributed by atoms with Crippen LogP contribution in [0.1, 0.15) is 19.4 Å². The summed E-state index contributed by atoms with van der Waals surface area (Å²) >= 11 is 0. The second-order valence-electron chi connectivity index (χ2n) is 4.23. The van der Waals surface area contributed by atoms with Crippen molar-refractivity contribution in [2.24, 2.45) is 0 Å². The maximum absolute atomic E-state index is 5.89. The van der Waals surface area contributed by atoms with E-state index in [-0.39, 0.29) is 0 Å². The van der Waals surface area contributed by atoms with Crippen LogP contribution < -0.4 is 10.5 Å². The topological polar surface area (TPSA) is 38.5 Å². The largest absolute Gasteiger partial charge is 0.489 e. The number of fused-ring (bicyclic) bond motifs is 1. The molecule has 1 atom stereocenters. The van der Waals surface area contributed by atoms with Gasteiger partial charge in [-0.3, -0.25) is 4.90 Å². The van der Waals surface area contributed by atoms with E-state index in [1.54, 1.807) is 0 Å². The Morgan fingerprint density at radius 3 is 2.81 bits per heavy atom. The number of para-hydroxylation sites is 1. The summed E-state index contributed by atoms with van der Waals surface area (Å²) in [5.74, 6) is 0.894. The Hall–Kier alpha value is -1.22. The van der Waals surface area contributed by atoms with Gasteiger partial charge in [-0.1, -0.05) is 26.0 Å². The molecule has 0 aliphatic carbocycles.